The van der Waals surface area contributed by atoms with Gasteiger partial charge in [0.25, 0.3) is 5.91 Å². The minimum atomic E-state index is -0.123. The lowest BCUT2D eigenvalue weighted by Gasteiger charge is -2.32. The van der Waals surface area contributed by atoms with E-state index >= 15 is 0 Å². The van der Waals surface area contributed by atoms with Crippen LogP contribution in [0.25, 0.3) is 0 Å². The van der Waals surface area contributed by atoms with Crippen molar-refractivity contribution in [2.24, 2.45) is 0 Å². The Morgan fingerprint density at radius 2 is 2.26 bits per heavy atom. The number of nitriles is 1. The van der Waals surface area contributed by atoms with Crippen LogP contribution in [0.4, 0.5) is 0 Å². The van der Waals surface area contributed by atoms with Crippen LogP contribution in [0.3, 0.4) is 0 Å². The zero-order chi connectivity index (χ0) is 13.2. The van der Waals surface area contributed by atoms with E-state index in [2.05, 4.69) is 10.2 Å². The van der Waals surface area contributed by atoms with Crippen LogP contribution in [-0.4, -0.2) is 42.8 Å². The van der Waals surface area contributed by atoms with Crippen LogP contribution in [0.5, 0.6) is 0 Å². The summed E-state index contributed by atoms with van der Waals surface area (Å²) in [7, 11) is 0. The molecule has 2 unspecified atom stereocenters. The Balaban J connectivity index is 1.52. The molecule has 1 aromatic rings. The van der Waals surface area contributed by atoms with Gasteiger partial charge in [-0.2, -0.15) is 5.26 Å². The van der Waals surface area contributed by atoms with E-state index in [0.717, 1.165) is 19.5 Å². The molecule has 5 heteroatoms. The molecule has 1 aromatic carbocycles. The van der Waals surface area contributed by atoms with Crippen LogP contribution in [0.2, 0.25) is 0 Å². The van der Waals surface area contributed by atoms with Crippen molar-refractivity contribution in [3.63, 3.8) is 0 Å². The van der Waals surface area contributed by atoms with Crippen molar-refractivity contribution in [2.45, 2.75) is 18.8 Å². The van der Waals surface area contributed by atoms with Crippen LogP contribution in [0.1, 0.15) is 22.3 Å². The van der Waals surface area contributed by atoms with Crippen molar-refractivity contribution in [1.82, 2.24) is 10.2 Å². The molecular weight excluding hydrogens is 242 g/mol. The average molecular weight is 257 g/mol. The molecule has 2 heterocycles. The standard InChI is InChI=1S/C14H15N3O2/c15-7-10-1-3-11(4-2-10)14(18)16-8-12-9-17-6-5-13(17)19-12/h1-4,12-13H,5-6,8-9H2,(H,16,18). The molecule has 0 aromatic heterocycles. The monoisotopic (exact) mass is 257 g/mol. The Hall–Kier alpha value is -1.90. The van der Waals surface area contributed by atoms with Crippen molar-refractivity contribution in [3.05, 3.63) is 35.4 Å². The summed E-state index contributed by atoms with van der Waals surface area (Å²) >= 11 is 0. The van der Waals surface area contributed by atoms with E-state index in [0.29, 0.717) is 17.7 Å². The third-order valence-electron chi connectivity index (χ3n) is 3.62. The average Bonchev–Trinajstić information content (AvgIpc) is 2.72. The molecule has 1 amide bonds. The number of fused-ring (bicyclic) bond motifs is 1. The first-order chi connectivity index (χ1) is 9.26. The fourth-order valence-electron chi connectivity index (χ4n) is 2.42. The molecule has 0 radical (unpaired) electrons. The van der Waals surface area contributed by atoms with Gasteiger partial charge in [0.15, 0.2) is 0 Å². The molecule has 5 nitrogen and oxygen atoms in total. The molecule has 2 aliphatic heterocycles. The summed E-state index contributed by atoms with van der Waals surface area (Å²) in [6.07, 6.45) is 1.46. The van der Waals surface area contributed by atoms with Gasteiger partial charge in [-0.15, -0.1) is 0 Å². The van der Waals surface area contributed by atoms with E-state index in [9.17, 15) is 4.79 Å². The number of nitrogens with one attached hydrogen (secondary N) is 1. The number of ether oxygens (including phenoxy) is 1. The number of carbonyl (C=O) groups excluding carboxylic acids is 1. The predicted octanol–water partition coefficient (Wildman–Crippen LogP) is 0.719. The van der Waals surface area contributed by atoms with Gasteiger partial charge in [-0.25, -0.2) is 0 Å². The fraction of sp³-hybridized carbons (Fsp3) is 0.429. The highest BCUT2D eigenvalue weighted by Crippen LogP contribution is 2.26. The highest BCUT2D eigenvalue weighted by molar-refractivity contribution is 5.94. The van der Waals surface area contributed by atoms with Gasteiger partial charge in [-0.05, 0) is 30.7 Å². The second kappa shape index (κ2) is 5.00. The predicted molar refractivity (Wildman–Crippen MR) is 68.3 cm³/mol. The third kappa shape index (κ3) is 2.46. The summed E-state index contributed by atoms with van der Waals surface area (Å²) in [5.74, 6) is -0.123. The molecule has 0 saturated carbocycles. The fourth-order valence-corrected chi connectivity index (χ4v) is 2.42. The third-order valence-corrected chi connectivity index (χ3v) is 3.62. The summed E-state index contributed by atoms with van der Waals surface area (Å²) < 4.78 is 5.75. The molecule has 3 rings (SSSR count). The van der Waals surface area contributed by atoms with Gasteiger partial charge >= 0.3 is 0 Å². The number of nitrogens with zero attached hydrogens (tertiary/aromatic N) is 2. The van der Waals surface area contributed by atoms with Gasteiger partial charge in [-0.3, -0.25) is 9.69 Å². The number of amides is 1. The van der Waals surface area contributed by atoms with Crippen LogP contribution < -0.4 is 5.32 Å². The Bertz CT molecular complexity index is 508. The van der Waals surface area contributed by atoms with Crippen molar-refractivity contribution in [3.8, 4) is 6.07 Å². The van der Waals surface area contributed by atoms with E-state index in [1.165, 1.54) is 0 Å². The molecule has 0 spiro atoms. The lowest BCUT2D eigenvalue weighted by molar-refractivity contribution is -0.0550. The van der Waals surface area contributed by atoms with Gasteiger partial charge in [0.05, 0.1) is 17.7 Å². The topological polar surface area (TPSA) is 65.4 Å². The van der Waals surface area contributed by atoms with Crippen LogP contribution in [0.15, 0.2) is 24.3 Å². The molecule has 98 valence electrons. The van der Waals surface area contributed by atoms with Crippen LogP contribution >= 0.6 is 0 Å². The zero-order valence-electron chi connectivity index (χ0n) is 10.5. The molecule has 2 aliphatic rings. The first-order valence-corrected chi connectivity index (χ1v) is 6.44. The van der Waals surface area contributed by atoms with Crippen molar-refractivity contribution < 1.29 is 9.53 Å². The Labute approximate surface area is 111 Å². The number of rotatable bonds is 3. The van der Waals surface area contributed by atoms with Gasteiger partial charge in [0.2, 0.25) is 0 Å². The molecule has 19 heavy (non-hydrogen) atoms. The number of benzene rings is 1. The molecule has 0 bridgehead atoms. The second-order valence-corrected chi connectivity index (χ2v) is 4.90. The highest BCUT2D eigenvalue weighted by atomic mass is 16.5. The van der Waals surface area contributed by atoms with E-state index in [4.69, 9.17) is 10.00 Å². The highest BCUT2D eigenvalue weighted by Gasteiger charge is 2.38. The molecule has 2 atom stereocenters. The first-order valence-electron chi connectivity index (χ1n) is 6.44. The van der Waals surface area contributed by atoms with E-state index in [1.807, 2.05) is 6.07 Å². The lowest BCUT2D eigenvalue weighted by Crippen LogP contribution is -2.43. The van der Waals surface area contributed by atoms with Crippen LogP contribution in [-0.2, 0) is 4.74 Å². The van der Waals surface area contributed by atoms with Crippen molar-refractivity contribution in [2.75, 3.05) is 19.6 Å². The molecule has 1 N–H and O–H groups in total. The largest absolute Gasteiger partial charge is 0.357 e. The Kier molecular flexibility index (Phi) is 3.20. The Morgan fingerprint density at radius 1 is 1.47 bits per heavy atom. The summed E-state index contributed by atoms with van der Waals surface area (Å²) in [6, 6.07) is 8.65. The summed E-state index contributed by atoms with van der Waals surface area (Å²) in [5, 5.41) is 11.6. The number of carbonyl (C=O) groups is 1. The number of hydrogen-bond acceptors (Lipinski definition) is 4. The van der Waals surface area contributed by atoms with E-state index in [-0.39, 0.29) is 18.2 Å². The second-order valence-electron chi connectivity index (χ2n) is 4.90. The minimum Gasteiger partial charge on any atom is -0.357 e. The smallest absolute Gasteiger partial charge is 0.251 e. The number of hydrogen-bond donors (Lipinski definition) is 1. The quantitative estimate of drug-likeness (QED) is 0.866. The van der Waals surface area contributed by atoms with Crippen molar-refractivity contribution in [1.29, 1.82) is 5.26 Å². The molecular formula is C14H15N3O2. The normalized spacial score (nSPS) is 25.2. The summed E-state index contributed by atoms with van der Waals surface area (Å²) in [6.45, 7) is 2.54. The first kappa shape index (κ1) is 12.2. The van der Waals surface area contributed by atoms with Gasteiger partial charge in [-0.1, -0.05) is 0 Å². The maximum atomic E-state index is 11.9. The van der Waals surface area contributed by atoms with Gasteiger partial charge in [0, 0.05) is 25.2 Å². The maximum Gasteiger partial charge on any atom is 0.251 e. The molecule has 2 saturated heterocycles. The minimum absolute atomic E-state index is 0.0924. The SMILES string of the molecule is N#Cc1ccc(C(=O)NCC2CN3CCC3O2)cc1. The lowest BCUT2D eigenvalue weighted by atomic mass is 10.1. The zero-order valence-corrected chi connectivity index (χ0v) is 10.5. The summed E-state index contributed by atoms with van der Waals surface area (Å²) in [5.41, 5.74) is 1.13. The van der Waals surface area contributed by atoms with E-state index < -0.39 is 0 Å². The van der Waals surface area contributed by atoms with Gasteiger partial charge < -0.3 is 10.1 Å². The van der Waals surface area contributed by atoms with E-state index in [1.54, 1.807) is 24.3 Å². The Morgan fingerprint density at radius 3 is 2.79 bits per heavy atom. The summed E-state index contributed by atoms with van der Waals surface area (Å²) in [4.78, 5) is 14.2. The maximum absolute atomic E-state index is 11.9. The van der Waals surface area contributed by atoms with Gasteiger partial charge in [0.1, 0.15) is 6.23 Å². The van der Waals surface area contributed by atoms with Crippen LogP contribution in [0, 0.1) is 11.3 Å². The molecule has 0 aliphatic carbocycles. The van der Waals surface area contributed by atoms with Crippen molar-refractivity contribution >= 4 is 5.91 Å². The molecule has 2 fully saturated rings.